The molecule has 3 N–H and O–H groups in total. The molecule has 148 valence electrons. The van der Waals surface area contributed by atoms with Gasteiger partial charge in [-0.25, -0.2) is 0 Å². The zero-order valence-electron chi connectivity index (χ0n) is 14.8. The van der Waals surface area contributed by atoms with Crippen LogP contribution in [0.15, 0.2) is 70.5 Å². The van der Waals surface area contributed by atoms with E-state index in [0.29, 0.717) is 6.54 Å². The predicted octanol–water partition coefficient (Wildman–Crippen LogP) is 3.19. The Morgan fingerprint density at radius 3 is 2.04 bits per heavy atom. The van der Waals surface area contributed by atoms with Crippen LogP contribution < -0.4 is 10.4 Å². The minimum absolute atomic E-state index is 0.0223. The highest BCUT2D eigenvalue weighted by molar-refractivity contribution is 7.86. The molecule has 0 heterocycles. The fourth-order valence-corrected chi connectivity index (χ4v) is 4.35. The van der Waals surface area contributed by atoms with Crippen molar-refractivity contribution in [2.24, 2.45) is 0 Å². The summed E-state index contributed by atoms with van der Waals surface area (Å²) in [4.78, 5) is -0.927. The van der Waals surface area contributed by atoms with Gasteiger partial charge in [-0.15, -0.1) is 0 Å². The van der Waals surface area contributed by atoms with E-state index >= 15 is 0 Å². The van der Waals surface area contributed by atoms with Crippen LogP contribution >= 0.6 is 0 Å². The van der Waals surface area contributed by atoms with Crippen LogP contribution in [0.2, 0.25) is 0 Å². The zero-order chi connectivity index (χ0) is 20.5. The van der Waals surface area contributed by atoms with E-state index in [1.807, 2.05) is 37.3 Å². The van der Waals surface area contributed by atoms with Gasteiger partial charge in [0.05, 0.1) is 11.4 Å². The lowest BCUT2D eigenvalue weighted by Gasteiger charge is -2.25. The molecule has 10 heteroatoms. The molecule has 0 radical (unpaired) electrons. The van der Waals surface area contributed by atoms with E-state index in [9.17, 15) is 25.9 Å². The van der Waals surface area contributed by atoms with E-state index in [1.54, 1.807) is 5.01 Å². The molecule has 8 nitrogen and oxygen atoms in total. The standard InChI is InChI=1S/C18H18N2O6S2/c1-2-20(14-7-4-3-5-8-14)19-13-11-16-15(18(12-13)28(24,25)26)9-6-10-17(16)27(21,22)23/h3-12,19H,2H2,1H3,(H,21,22,23)(H,24,25,26). The summed E-state index contributed by atoms with van der Waals surface area (Å²) in [5, 5.41) is 1.66. The molecule has 0 aliphatic carbocycles. The van der Waals surface area contributed by atoms with E-state index in [1.165, 1.54) is 24.3 Å². The number of hydrogen-bond donors (Lipinski definition) is 3. The average Bonchev–Trinajstić information content (AvgIpc) is 2.64. The number of hydrazine groups is 1. The molecule has 0 aliphatic rings. The van der Waals surface area contributed by atoms with Crippen LogP contribution in [-0.4, -0.2) is 32.5 Å². The van der Waals surface area contributed by atoms with Gasteiger partial charge in [-0.3, -0.25) is 19.5 Å². The number of fused-ring (bicyclic) bond motifs is 1. The smallest absolute Gasteiger partial charge is 0.295 e. The maximum absolute atomic E-state index is 11.9. The van der Waals surface area contributed by atoms with Crippen molar-refractivity contribution in [3.8, 4) is 0 Å². The van der Waals surface area contributed by atoms with Crippen molar-refractivity contribution in [3.63, 3.8) is 0 Å². The summed E-state index contributed by atoms with van der Waals surface area (Å²) in [6.45, 7) is 2.37. The quantitative estimate of drug-likeness (QED) is 0.409. The number of para-hydroxylation sites is 1. The predicted molar refractivity (Wildman–Crippen MR) is 107 cm³/mol. The lowest BCUT2D eigenvalue weighted by molar-refractivity contribution is 0.481. The monoisotopic (exact) mass is 422 g/mol. The van der Waals surface area contributed by atoms with Gasteiger partial charge in [0.1, 0.15) is 9.79 Å². The molecule has 0 fully saturated rings. The van der Waals surface area contributed by atoms with E-state index < -0.39 is 30.0 Å². The van der Waals surface area contributed by atoms with E-state index in [0.717, 1.165) is 11.8 Å². The van der Waals surface area contributed by atoms with Crippen molar-refractivity contribution in [1.29, 1.82) is 0 Å². The summed E-state index contributed by atoms with van der Waals surface area (Å²) >= 11 is 0. The number of hydrogen-bond acceptors (Lipinski definition) is 6. The summed E-state index contributed by atoms with van der Waals surface area (Å²) in [7, 11) is -9.27. The number of nitrogens with one attached hydrogen (secondary N) is 1. The van der Waals surface area contributed by atoms with Crippen molar-refractivity contribution in [1.82, 2.24) is 0 Å². The molecule has 0 saturated heterocycles. The molecule has 0 amide bonds. The number of rotatable bonds is 6. The Kier molecular flexibility index (Phi) is 5.31. The van der Waals surface area contributed by atoms with Crippen molar-refractivity contribution >= 4 is 42.4 Å². The topological polar surface area (TPSA) is 124 Å². The SMILES string of the molecule is CCN(Nc1cc(S(=O)(=O)O)c2cccc(S(=O)(=O)O)c2c1)c1ccccc1. The molecular formula is C18H18N2O6S2. The molecule has 0 spiro atoms. The minimum Gasteiger partial charge on any atom is -0.298 e. The van der Waals surface area contributed by atoms with E-state index in [4.69, 9.17) is 0 Å². The second kappa shape index (κ2) is 7.40. The largest absolute Gasteiger partial charge is 0.298 e. The van der Waals surface area contributed by atoms with Crippen LogP contribution in [0, 0.1) is 0 Å². The highest BCUT2D eigenvalue weighted by atomic mass is 32.2. The summed E-state index contributed by atoms with van der Waals surface area (Å²) in [6.07, 6.45) is 0. The summed E-state index contributed by atoms with van der Waals surface area (Å²) in [6, 6.07) is 15.6. The summed E-state index contributed by atoms with van der Waals surface area (Å²) in [5.74, 6) is 0. The van der Waals surface area contributed by atoms with Crippen LogP contribution in [0.3, 0.4) is 0 Å². The number of benzene rings is 3. The second-order valence-corrected chi connectivity index (χ2v) is 8.75. The van der Waals surface area contributed by atoms with Gasteiger partial charge in [0.2, 0.25) is 0 Å². The first-order chi connectivity index (χ1) is 13.1. The summed E-state index contributed by atoms with van der Waals surface area (Å²) in [5.41, 5.74) is 4.03. The first-order valence-corrected chi connectivity index (χ1v) is 11.1. The third-order valence-electron chi connectivity index (χ3n) is 4.12. The normalized spacial score (nSPS) is 12.1. The Labute approximate surface area is 162 Å². The Hall–Kier alpha value is -2.66. The van der Waals surface area contributed by atoms with Crippen LogP contribution in [0.5, 0.6) is 0 Å². The van der Waals surface area contributed by atoms with Crippen LogP contribution in [0.4, 0.5) is 11.4 Å². The van der Waals surface area contributed by atoms with Gasteiger partial charge in [0.25, 0.3) is 20.2 Å². The number of nitrogens with zero attached hydrogens (tertiary/aromatic N) is 1. The van der Waals surface area contributed by atoms with Gasteiger partial charge in [0.15, 0.2) is 0 Å². The molecule has 0 saturated carbocycles. The number of anilines is 2. The van der Waals surface area contributed by atoms with Crippen molar-refractivity contribution in [2.45, 2.75) is 16.7 Å². The first kappa shape index (κ1) is 20.1. The highest BCUT2D eigenvalue weighted by Gasteiger charge is 2.21. The Morgan fingerprint density at radius 2 is 1.46 bits per heavy atom. The third-order valence-corrected chi connectivity index (χ3v) is 5.93. The first-order valence-electron chi connectivity index (χ1n) is 8.22. The van der Waals surface area contributed by atoms with Gasteiger partial charge in [-0.05, 0) is 37.3 Å². The molecular weight excluding hydrogens is 404 g/mol. The van der Waals surface area contributed by atoms with Gasteiger partial charge in [-0.1, -0.05) is 30.3 Å². The van der Waals surface area contributed by atoms with Gasteiger partial charge >= 0.3 is 0 Å². The van der Waals surface area contributed by atoms with Gasteiger partial charge in [-0.2, -0.15) is 16.8 Å². The molecule has 3 aromatic rings. The molecule has 0 aromatic heterocycles. The fraction of sp³-hybridized carbons (Fsp3) is 0.111. The molecule has 0 unspecified atom stereocenters. The van der Waals surface area contributed by atoms with Crippen molar-refractivity contribution in [2.75, 3.05) is 17.0 Å². The average molecular weight is 422 g/mol. The van der Waals surface area contributed by atoms with Crippen LogP contribution in [-0.2, 0) is 20.2 Å². The van der Waals surface area contributed by atoms with Gasteiger partial charge in [0, 0.05) is 17.3 Å². The molecule has 0 bridgehead atoms. The van der Waals surface area contributed by atoms with E-state index in [-0.39, 0.29) is 16.5 Å². The molecule has 3 aromatic carbocycles. The minimum atomic E-state index is -4.66. The Balaban J connectivity index is 2.23. The molecule has 0 aliphatic heterocycles. The van der Waals surface area contributed by atoms with Crippen molar-refractivity contribution in [3.05, 3.63) is 60.7 Å². The maximum atomic E-state index is 11.9. The zero-order valence-corrected chi connectivity index (χ0v) is 16.4. The lowest BCUT2D eigenvalue weighted by atomic mass is 10.1. The van der Waals surface area contributed by atoms with Crippen LogP contribution in [0.1, 0.15) is 6.92 Å². The fourth-order valence-electron chi connectivity index (χ4n) is 2.92. The Bertz CT molecular complexity index is 1230. The Morgan fingerprint density at radius 1 is 0.821 bits per heavy atom. The third kappa shape index (κ3) is 4.09. The molecule has 0 atom stereocenters. The van der Waals surface area contributed by atoms with Crippen LogP contribution in [0.25, 0.3) is 10.8 Å². The lowest BCUT2D eigenvalue weighted by Crippen LogP contribution is -2.29. The van der Waals surface area contributed by atoms with Crippen molar-refractivity contribution < 1.29 is 25.9 Å². The van der Waals surface area contributed by atoms with E-state index in [2.05, 4.69) is 5.43 Å². The maximum Gasteiger partial charge on any atom is 0.295 e. The highest BCUT2D eigenvalue weighted by Crippen LogP contribution is 2.32. The molecule has 28 heavy (non-hydrogen) atoms. The second-order valence-electron chi connectivity index (χ2n) is 5.97. The summed E-state index contributed by atoms with van der Waals surface area (Å²) < 4.78 is 66.4. The van der Waals surface area contributed by atoms with Gasteiger partial charge < -0.3 is 0 Å². The molecule has 3 rings (SSSR count).